The maximum absolute atomic E-state index is 12.2. The van der Waals surface area contributed by atoms with E-state index in [1.165, 1.54) is 0 Å². The van der Waals surface area contributed by atoms with Gasteiger partial charge in [0.25, 0.3) is 0 Å². The minimum absolute atomic E-state index is 0. The monoisotopic (exact) mass is 466 g/mol. The van der Waals surface area contributed by atoms with E-state index in [0.717, 1.165) is 12.1 Å². The molecule has 0 saturated carbocycles. The smallest absolute Gasteiger partial charge is 0.907 e. The Bertz CT molecular complexity index is 410. The average Bonchev–Trinajstić information content (AvgIpc) is 2.38. The second-order valence-corrected chi connectivity index (χ2v) is 2.88. The quantitative estimate of drug-likeness (QED) is 0.266. The molecule has 0 fully saturated rings. The summed E-state index contributed by atoms with van der Waals surface area (Å²) >= 11 is 0. The van der Waals surface area contributed by atoms with Crippen LogP contribution in [0.25, 0.3) is 0 Å². The number of rotatable bonds is 0. The van der Waals surface area contributed by atoms with E-state index in [2.05, 4.69) is 0 Å². The molecule has 14 nitrogen and oxygen atoms in total. The number of aromatic hydroxyl groups is 2. The first-order valence-electron chi connectivity index (χ1n) is 5.31. The van der Waals surface area contributed by atoms with Crippen molar-refractivity contribution in [1.82, 2.24) is 0 Å². The topological polar surface area (TPSA) is 317 Å². The zero-order valence-corrected chi connectivity index (χ0v) is 24.0. The van der Waals surface area contributed by atoms with Gasteiger partial charge >= 0.3 is 226 Å². The number of halogens is 2. The van der Waals surface area contributed by atoms with Gasteiger partial charge in [-0.1, -0.05) is 0 Å². The first kappa shape index (κ1) is 104. The summed E-state index contributed by atoms with van der Waals surface area (Å²) in [5.41, 5.74) is 0. The number of hydrogen-bond donors (Lipinski definition) is 2. The van der Waals surface area contributed by atoms with Crippen molar-refractivity contribution in [2.75, 3.05) is 0 Å². The molecular formula is C6H4B4F2Li12O14. The molecule has 0 radical (unpaired) electrons. The van der Waals surface area contributed by atoms with Crippen LogP contribution in [0.15, 0.2) is 12.1 Å². The Morgan fingerprint density at radius 3 is 0.711 bits per heavy atom. The van der Waals surface area contributed by atoms with Gasteiger partial charge in [0, 0.05) is 0 Å². The van der Waals surface area contributed by atoms with Gasteiger partial charge < -0.3 is 70.5 Å². The van der Waals surface area contributed by atoms with Gasteiger partial charge in [0.15, 0.2) is 17.3 Å². The summed E-state index contributed by atoms with van der Waals surface area (Å²) in [6, 6.07) is 1.60. The fraction of sp³-hybridized carbons (Fsp3) is 0. The first-order valence-corrected chi connectivity index (χ1v) is 5.31. The average molecular weight is 465 g/mol. The van der Waals surface area contributed by atoms with Crippen LogP contribution in [0.2, 0.25) is 0 Å². The molecular weight excluding hydrogens is 461 g/mol. The van der Waals surface area contributed by atoms with E-state index in [-0.39, 0.29) is 226 Å². The summed E-state index contributed by atoms with van der Waals surface area (Å²) in [5.74, 6) is -4.34. The molecule has 1 rings (SSSR count). The Hall–Kier alpha value is 5.63. The molecule has 0 saturated heterocycles. The van der Waals surface area contributed by atoms with Gasteiger partial charge in [0.1, 0.15) is 0 Å². The van der Waals surface area contributed by atoms with Crippen LogP contribution < -0.4 is 287 Å². The van der Waals surface area contributed by atoms with E-state index in [0.29, 0.717) is 0 Å². The van der Waals surface area contributed by atoms with E-state index in [1.807, 2.05) is 0 Å². The van der Waals surface area contributed by atoms with Crippen molar-refractivity contribution in [2.24, 2.45) is 0 Å². The third kappa shape index (κ3) is 134. The summed E-state index contributed by atoms with van der Waals surface area (Å²) in [5, 5.41) is 118. The van der Waals surface area contributed by atoms with Crippen LogP contribution in [0.1, 0.15) is 0 Å². The molecule has 38 heavy (non-hydrogen) atoms. The van der Waals surface area contributed by atoms with Gasteiger partial charge in [0.05, 0.1) is 0 Å². The second kappa shape index (κ2) is 73.8. The largest absolute Gasteiger partial charge is 1.00 e. The first-order chi connectivity index (χ1) is 11.6. The third-order valence-corrected chi connectivity index (χ3v) is 1.05. The second-order valence-electron chi connectivity index (χ2n) is 2.88. The zero-order valence-electron chi connectivity index (χ0n) is 24.0. The van der Waals surface area contributed by atoms with Gasteiger partial charge in [-0.3, -0.25) is 29.3 Å². The Kier molecular flexibility index (Phi) is 202. The molecule has 0 unspecified atom stereocenters. The van der Waals surface area contributed by atoms with Crippen molar-refractivity contribution >= 4 is 29.3 Å². The van der Waals surface area contributed by atoms with E-state index in [9.17, 15) is 8.78 Å². The Labute approximate surface area is 364 Å². The molecule has 0 aliphatic rings. The van der Waals surface area contributed by atoms with Gasteiger partial charge in [-0.25, -0.2) is 4.39 Å². The molecule has 0 spiro atoms. The van der Waals surface area contributed by atoms with Crippen molar-refractivity contribution in [2.45, 2.75) is 0 Å². The Morgan fingerprint density at radius 1 is 0.421 bits per heavy atom. The molecule has 1 aromatic carbocycles. The predicted molar refractivity (Wildman–Crippen MR) is 52.7 cm³/mol. The van der Waals surface area contributed by atoms with Gasteiger partial charge in [-0.15, -0.1) is 0 Å². The molecule has 1 aromatic rings. The zero-order chi connectivity index (χ0) is 22.0. The number of hydrogen-bond acceptors (Lipinski definition) is 14. The van der Waals surface area contributed by atoms with Crippen LogP contribution in [0.5, 0.6) is 11.5 Å². The molecule has 2 N–H and O–H groups in total. The number of phenolic OH excluding ortho intramolecular Hbond substituents is 2. The van der Waals surface area contributed by atoms with Crippen molar-refractivity contribution < 1.29 is 306 Å². The molecule has 0 aliphatic carbocycles. The summed E-state index contributed by atoms with van der Waals surface area (Å²) in [6.45, 7) is 0. The van der Waals surface area contributed by atoms with E-state index >= 15 is 0 Å². The van der Waals surface area contributed by atoms with Gasteiger partial charge in [0.2, 0.25) is 5.82 Å². The molecule has 32 heteroatoms. The summed E-state index contributed by atoms with van der Waals surface area (Å²) in [7, 11) is -11.7. The van der Waals surface area contributed by atoms with Gasteiger partial charge in [-0.05, 0) is 12.1 Å². The van der Waals surface area contributed by atoms with E-state index < -0.39 is 52.4 Å². The summed E-state index contributed by atoms with van der Waals surface area (Å²) in [6.07, 6.45) is 0. The minimum Gasteiger partial charge on any atom is -0.907 e. The molecule has 0 amide bonds. The van der Waals surface area contributed by atoms with Crippen molar-refractivity contribution in [3.8, 4) is 11.5 Å². The van der Waals surface area contributed by atoms with Crippen molar-refractivity contribution in [1.29, 1.82) is 0 Å². The van der Waals surface area contributed by atoms with Crippen LogP contribution in [-0.2, 0) is 0 Å². The molecule has 0 atom stereocenters. The fourth-order valence-corrected chi connectivity index (χ4v) is 0.530. The third-order valence-electron chi connectivity index (χ3n) is 1.05. The van der Waals surface area contributed by atoms with E-state index in [1.54, 1.807) is 0 Å². The van der Waals surface area contributed by atoms with Crippen molar-refractivity contribution in [3.05, 3.63) is 23.8 Å². The Morgan fingerprint density at radius 2 is 0.579 bits per heavy atom. The Balaban J connectivity index is -0.0000000112. The molecule has 0 bridgehead atoms. The number of phenols is 2. The summed E-state index contributed by atoms with van der Waals surface area (Å²) in [4.78, 5) is 0. The standard InChI is InChI=1S/C6H4F2O2.4BO3.12Li/c7-3-1-2-4(9)6(10)5(3)8;4*2-1(3)4;;;;;;;;;;;;/h1-2,9-10H;;;;;;;;;;;;;;;;/q;4*-3;12*+1. The van der Waals surface area contributed by atoms with Crippen molar-refractivity contribution in [3.63, 3.8) is 0 Å². The molecule has 0 aromatic heterocycles. The molecule has 0 heterocycles. The van der Waals surface area contributed by atoms with Crippen LogP contribution in [0, 0.1) is 11.6 Å². The molecule has 150 valence electrons. The summed E-state index contributed by atoms with van der Waals surface area (Å²) < 4.78 is 24.3. The van der Waals surface area contributed by atoms with Crippen LogP contribution in [0.4, 0.5) is 8.78 Å². The maximum atomic E-state index is 12.2. The predicted octanol–water partition coefficient (Wildman–Crippen LogP) is -50.4. The van der Waals surface area contributed by atoms with Crippen LogP contribution in [-0.4, -0.2) is 39.5 Å². The van der Waals surface area contributed by atoms with E-state index in [4.69, 9.17) is 70.5 Å². The maximum Gasteiger partial charge on any atom is 1.00 e. The van der Waals surface area contributed by atoms with Crippen LogP contribution >= 0.6 is 0 Å². The minimum atomic E-state index is -2.92. The molecule has 0 aliphatic heterocycles. The van der Waals surface area contributed by atoms with Gasteiger partial charge in [-0.2, -0.15) is 4.39 Å². The fourth-order valence-electron chi connectivity index (χ4n) is 0.530. The SMILES string of the molecule is Oc1ccc(F)c(F)c1O.[Li+].[Li+].[Li+].[Li+].[Li+].[Li+].[Li+].[Li+].[Li+].[Li+].[Li+].[Li+].[O-]B([O-])[O-].[O-]B([O-])[O-].[O-]B([O-])[O-].[O-]B([O-])[O-]. The normalized spacial score (nSPS) is 5.42. The number of benzene rings is 1. The van der Waals surface area contributed by atoms with Crippen LogP contribution in [0.3, 0.4) is 0 Å².